The predicted molar refractivity (Wildman–Crippen MR) is 79.2 cm³/mol. The van der Waals surface area contributed by atoms with E-state index < -0.39 is 0 Å². The molecule has 2 unspecified atom stereocenters. The molecule has 1 aromatic rings. The Kier molecular flexibility index (Phi) is 5.37. The lowest BCUT2D eigenvalue weighted by Gasteiger charge is -2.32. The summed E-state index contributed by atoms with van der Waals surface area (Å²) in [5.74, 6) is 0. The Hall–Kier alpha value is -0.900. The molecule has 1 N–H and O–H groups in total. The van der Waals surface area contributed by atoms with E-state index in [1.165, 1.54) is 12.0 Å². The molecule has 1 aromatic carbocycles. The van der Waals surface area contributed by atoms with Gasteiger partial charge in [0.1, 0.15) is 0 Å². The Labute approximate surface area is 116 Å². The van der Waals surface area contributed by atoms with E-state index in [4.69, 9.17) is 0 Å². The monoisotopic (exact) mass is 262 g/mol. The first-order valence-corrected chi connectivity index (χ1v) is 7.32. The summed E-state index contributed by atoms with van der Waals surface area (Å²) in [6, 6.07) is 11.6. The maximum absolute atomic E-state index is 9.22. The van der Waals surface area contributed by atoms with E-state index in [1.54, 1.807) is 0 Å². The number of nitrogens with zero attached hydrogens (tertiary/aromatic N) is 2. The van der Waals surface area contributed by atoms with Crippen molar-refractivity contribution in [3.63, 3.8) is 0 Å². The zero-order valence-corrected chi connectivity index (χ0v) is 12.1. The van der Waals surface area contributed by atoms with Gasteiger partial charge in [-0.2, -0.15) is 0 Å². The van der Waals surface area contributed by atoms with E-state index in [9.17, 15) is 5.11 Å². The average Bonchev–Trinajstić information content (AvgIpc) is 2.62. The third-order valence-electron chi connectivity index (χ3n) is 4.32. The lowest BCUT2D eigenvalue weighted by Crippen LogP contribution is -2.40. The van der Waals surface area contributed by atoms with Gasteiger partial charge in [0.25, 0.3) is 0 Å². The first-order valence-electron chi connectivity index (χ1n) is 7.32. The van der Waals surface area contributed by atoms with E-state index in [-0.39, 0.29) is 6.61 Å². The van der Waals surface area contributed by atoms with Crippen LogP contribution < -0.4 is 0 Å². The molecule has 1 saturated heterocycles. The maximum Gasteiger partial charge on any atom is 0.0446 e. The van der Waals surface area contributed by atoms with Crippen molar-refractivity contribution in [2.24, 2.45) is 0 Å². The summed E-state index contributed by atoms with van der Waals surface area (Å²) in [6.45, 7) is 5.89. The van der Waals surface area contributed by atoms with Crippen molar-refractivity contribution in [2.45, 2.75) is 31.8 Å². The molecule has 0 radical (unpaired) electrons. The molecule has 0 aliphatic carbocycles. The lowest BCUT2D eigenvalue weighted by molar-refractivity contribution is 0.146. The third-order valence-corrected chi connectivity index (χ3v) is 4.32. The van der Waals surface area contributed by atoms with E-state index in [2.05, 4.69) is 54.1 Å². The van der Waals surface area contributed by atoms with Crippen LogP contribution in [0.5, 0.6) is 0 Å². The number of benzene rings is 1. The van der Waals surface area contributed by atoms with Gasteiger partial charge in [-0.05, 0) is 38.9 Å². The number of aliphatic hydroxyl groups is 1. The minimum atomic E-state index is 0.280. The van der Waals surface area contributed by atoms with Gasteiger partial charge in [0.2, 0.25) is 0 Å². The Morgan fingerprint density at radius 3 is 2.68 bits per heavy atom. The lowest BCUT2D eigenvalue weighted by atomic mass is 10.1. The van der Waals surface area contributed by atoms with Crippen molar-refractivity contribution in [2.75, 3.05) is 33.3 Å². The second kappa shape index (κ2) is 7.04. The van der Waals surface area contributed by atoms with Crippen LogP contribution in [0.25, 0.3) is 0 Å². The van der Waals surface area contributed by atoms with Crippen LogP contribution in [-0.4, -0.2) is 54.2 Å². The SMILES string of the molecule is CC(c1ccccc1)N1CCCN(C)C(CCO)C1. The van der Waals surface area contributed by atoms with E-state index in [0.717, 1.165) is 26.1 Å². The number of rotatable bonds is 4. The molecule has 1 fully saturated rings. The van der Waals surface area contributed by atoms with Gasteiger partial charge in [-0.3, -0.25) is 4.90 Å². The zero-order chi connectivity index (χ0) is 13.7. The van der Waals surface area contributed by atoms with Gasteiger partial charge < -0.3 is 10.0 Å². The van der Waals surface area contributed by atoms with Crippen LogP contribution in [-0.2, 0) is 0 Å². The molecule has 1 heterocycles. The third kappa shape index (κ3) is 3.78. The van der Waals surface area contributed by atoms with Gasteiger partial charge in [0.05, 0.1) is 0 Å². The van der Waals surface area contributed by atoms with E-state index >= 15 is 0 Å². The second-order valence-electron chi connectivity index (χ2n) is 5.58. The van der Waals surface area contributed by atoms with Crippen molar-refractivity contribution in [3.8, 4) is 0 Å². The number of hydrogen-bond acceptors (Lipinski definition) is 3. The van der Waals surface area contributed by atoms with E-state index in [0.29, 0.717) is 12.1 Å². The normalized spacial score (nSPS) is 24.1. The smallest absolute Gasteiger partial charge is 0.0446 e. The largest absolute Gasteiger partial charge is 0.396 e. The number of aliphatic hydroxyl groups excluding tert-OH is 1. The zero-order valence-electron chi connectivity index (χ0n) is 12.1. The van der Waals surface area contributed by atoms with Gasteiger partial charge in [-0.1, -0.05) is 30.3 Å². The molecule has 0 saturated carbocycles. The van der Waals surface area contributed by atoms with Gasteiger partial charge in [-0.15, -0.1) is 0 Å². The molecule has 19 heavy (non-hydrogen) atoms. The first kappa shape index (κ1) is 14.5. The second-order valence-corrected chi connectivity index (χ2v) is 5.58. The number of hydrogen-bond donors (Lipinski definition) is 1. The fraction of sp³-hybridized carbons (Fsp3) is 0.625. The van der Waals surface area contributed by atoms with Gasteiger partial charge in [0, 0.05) is 31.8 Å². The van der Waals surface area contributed by atoms with Crippen LogP contribution >= 0.6 is 0 Å². The highest BCUT2D eigenvalue weighted by molar-refractivity contribution is 5.18. The molecule has 2 rings (SSSR count). The van der Waals surface area contributed by atoms with Crippen LogP contribution in [0.4, 0.5) is 0 Å². The molecular formula is C16H26N2O. The fourth-order valence-electron chi connectivity index (χ4n) is 2.96. The summed E-state index contributed by atoms with van der Waals surface area (Å²) >= 11 is 0. The summed E-state index contributed by atoms with van der Waals surface area (Å²) in [6.07, 6.45) is 2.07. The fourth-order valence-corrected chi connectivity index (χ4v) is 2.96. The summed E-state index contributed by atoms with van der Waals surface area (Å²) in [4.78, 5) is 4.95. The Morgan fingerprint density at radius 2 is 2.00 bits per heavy atom. The highest BCUT2D eigenvalue weighted by atomic mass is 16.3. The highest BCUT2D eigenvalue weighted by Crippen LogP contribution is 2.23. The molecule has 0 spiro atoms. The molecule has 0 amide bonds. The predicted octanol–water partition coefficient (Wildman–Crippen LogP) is 2.14. The molecule has 106 valence electrons. The van der Waals surface area contributed by atoms with Crippen LogP contribution in [0.3, 0.4) is 0 Å². The Morgan fingerprint density at radius 1 is 1.26 bits per heavy atom. The molecule has 2 atom stereocenters. The maximum atomic E-state index is 9.22. The molecule has 0 bridgehead atoms. The van der Waals surface area contributed by atoms with Crippen LogP contribution in [0.2, 0.25) is 0 Å². The van der Waals surface area contributed by atoms with Gasteiger partial charge >= 0.3 is 0 Å². The molecule has 1 aliphatic rings. The quantitative estimate of drug-likeness (QED) is 0.900. The molecule has 0 aromatic heterocycles. The van der Waals surface area contributed by atoms with Crippen molar-refractivity contribution >= 4 is 0 Å². The van der Waals surface area contributed by atoms with Crippen molar-refractivity contribution < 1.29 is 5.11 Å². The average molecular weight is 262 g/mol. The molecule has 3 nitrogen and oxygen atoms in total. The standard InChI is InChI=1S/C16H26N2O/c1-14(15-7-4-3-5-8-15)18-11-6-10-17(2)16(13-18)9-12-19/h3-5,7-8,14,16,19H,6,9-13H2,1-2H3. The summed E-state index contributed by atoms with van der Waals surface area (Å²) < 4.78 is 0. The Balaban J connectivity index is 2.06. The highest BCUT2D eigenvalue weighted by Gasteiger charge is 2.25. The Bertz CT molecular complexity index is 368. The first-order chi connectivity index (χ1) is 9.22. The van der Waals surface area contributed by atoms with Crippen molar-refractivity contribution in [1.29, 1.82) is 0 Å². The minimum Gasteiger partial charge on any atom is -0.396 e. The molecule has 1 aliphatic heterocycles. The minimum absolute atomic E-state index is 0.280. The van der Waals surface area contributed by atoms with Crippen LogP contribution in [0, 0.1) is 0 Å². The van der Waals surface area contributed by atoms with E-state index in [1.807, 2.05) is 0 Å². The topological polar surface area (TPSA) is 26.7 Å². The van der Waals surface area contributed by atoms with Gasteiger partial charge in [0.15, 0.2) is 0 Å². The summed E-state index contributed by atoms with van der Waals surface area (Å²) in [5, 5.41) is 9.22. The van der Waals surface area contributed by atoms with Crippen molar-refractivity contribution in [1.82, 2.24) is 9.80 Å². The summed E-state index contributed by atoms with van der Waals surface area (Å²) in [5.41, 5.74) is 1.38. The molecule has 3 heteroatoms. The van der Waals surface area contributed by atoms with Crippen molar-refractivity contribution in [3.05, 3.63) is 35.9 Å². The number of likely N-dealkylation sites (N-methyl/N-ethyl adjacent to an activating group) is 1. The van der Waals surface area contributed by atoms with Crippen LogP contribution in [0.1, 0.15) is 31.4 Å². The van der Waals surface area contributed by atoms with Crippen LogP contribution in [0.15, 0.2) is 30.3 Å². The molecular weight excluding hydrogens is 236 g/mol. The van der Waals surface area contributed by atoms with Gasteiger partial charge in [-0.25, -0.2) is 0 Å². The summed E-state index contributed by atoms with van der Waals surface area (Å²) in [7, 11) is 2.18.